The summed E-state index contributed by atoms with van der Waals surface area (Å²) in [5, 5.41) is 5.96. The van der Waals surface area contributed by atoms with Crippen LogP contribution in [0.2, 0.25) is 0 Å². The van der Waals surface area contributed by atoms with Crippen LogP contribution in [0.25, 0.3) is 10.9 Å². The molecule has 0 fully saturated rings. The van der Waals surface area contributed by atoms with Crippen molar-refractivity contribution < 1.29 is 0 Å². The molecule has 0 aliphatic carbocycles. The summed E-state index contributed by atoms with van der Waals surface area (Å²) in [4.78, 5) is 10.9. The molecule has 2 aromatic rings. The fourth-order valence-electron chi connectivity index (χ4n) is 0.982. The molecule has 0 saturated heterocycles. The van der Waals surface area contributed by atoms with Crippen LogP contribution in [0.3, 0.4) is 0 Å². The second-order valence-electron chi connectivity index (χ2n) is 2.12. The predicted molar refractivity (Wildman–Crippen MR) is 49.2 cm³/mol. The highest BCUT2D eigenvalue weighted by atomic mass is 79.9. The first-order valence-electron chi connectivity index (χ1n) is 3.03. The van der Waals surface area contributed by atoms with E-state index in [1.807, 2.05) is 18.2 Å². The lowest BCUT2D eigenvalue weighted by Gasteiger charge is -1.80. The first kappa shape index (κ1) is 8.07. The van der Waals surface area contributed by atoms with E-state index in [0.29, 0.717) is 5.39 Å². The molecule has 1 aromatic heterocycles. The second kappa shape index (κ2) is 2.92. The summed E-state index contributed by atoms with van der Waals surface area (Å²) in [6.07, 6.45) is 0. The Hall–Kier alpha value is -1.03. The SMILES string of the molecule is Br.O=c1[nH][nH]c2ccccc12. The monoisotopic (exact) mass is 214 g/mol. The molecule has 0 bridgehead atoms. The van der Waals surface area contributed by atoms with Gasteiger partial charge in [-0.05, 0) is 12.1 Å². The lowest BCUT2D eigenvalue weighted by molar-refractivity contribution is 1.08. The number of hydrogen-bond donors (Lipinski definition) is 2. The molecule has 0 saturated carbocycles. The molecule has 0 aliphatic rings. The van der Waals surface area contributed by atoms with Crippen molar-refractivity contribution in [2.24, 2.45) is 0 Å². The minimum Gasteiger partial charge on any atom is -0.298 e. The number of H-pyrrole nitrogens is 2. The molecular formula is C7H7BrN2O. The standard InChI is InChI=1S/C7H6N2O.BrH/c10-7-5-3-1-2-4-6(5)8-9-7;/h1-4H,(H2,8,9,10);1H. The Morgan fingerprint density at radius 1 is 1.09 bits per heavy atom. The Bertz CT molecular complexity index is 404. The maximum absolute atomic E-state index is 10.9. The van der Waals surface area contributed by atoms with E-state index in [1.54, 1.807) is 6.07 Å². The zero-order chi connectivity index (χ0) is 6.97. The topological polar surface area (TPSA) is 48.6 Å². The molecular weight excluding hydrogens is 208 g/mol. The van der Waals surface area contributed by atoms with Crippen molar-refractivity contribution in [3.05, 3.63) is 34.6 Å². The van der Waals surface area contributed by atoms with E-state index in [4.69, 9.17) is 0 Å². The van der Waals surface area contributed by atoms with Gasteiger partial charge in [0.1, 0.15) is 0 Å². The average Bonchev–Trinajstić information content (AvgIpc) is 2.34. The summed E-state index contributed by atoms with van der Waals surface area (Å²) in [7, 11) is 0. The van der Waals surface area contributed by atoms with E-state index < -0.39 is 0 Å². The molecule has 1 aromatic carbocycles. The summed E-state index contributed by atoms with van der Waals surface area (Å²) in [5.74, 6) is 0. The number of halogens is 1. The molecule has 0 atom stereocenters. The van der Waals surface area contributed by atoms with Crippen LogP contribution >= 0.6 is 17.0 Å². The summed E-state index contributed by atoms with van der Waals surface area (Å²) < 4.78 is 0. The third-order valence-electron chi connectivity index (χ3n) is 1.48. The van der Waals surface area contributed by atoms with E-state index in [-0.39, 0.29) is 22.5 Å². The molecule has 1 heterocycles. The van der Waals surface area contributed by atoms with Crippen LogP contribution < -0.4 is 5.56 Å². The minimum atomic E-state index is -0.0596. The van der Waals surface area contributed by atoms with E-state index in [0.717, 1.165) is 5.52 Å². The smallest absolute Gasteiger partial charge is 0.271 e. The fraction of sp³-hybridized carbons (Fsp3) is 0. The quantitative estimate of drug-likeness (QED) is 0.686. The van der Waals surface area contributed by atoms with E-state index in [2.05, 4.69) is 10.2 Å². The molecule has 2 N–H and O–H groups in total. The predicted octanol–water partition coefficient (Wildman–Crippen LogP) is 1.43. The largest absolute Gasteiger partial charge is 0.298 e. The van der Waals surface area contributed by atoms with Crippen LogP contribution in [0.15, 0.2) is 29.1 Å². The van der Waals surface area contributed by atoms with Gasteiger partial charge >= 0.3 is 0 Å². The summed E-state index contributed by atoms with van der Waals surface area (Å²) >= 11 is 0. The number of fused-ring (bicyclic) bond motifs is 1. The molecule has 0 radical (unpaired) electrons. The molecule has 2 rings (SSSR count). The molecule has 11 heavy (non-hydrogen) atoms. The first-order chi connectivity index (χ1) is 4.88. The third-order valence-corrected chi connectivity index (χ3v) is 1.48. The molecule has 0 aliphatic heterocycles. The van der Waals surface area contributed by atoms with E-state index in [9.17, 15) is 4.79 Å². The molecule has 58 valence electrons. The lowest BCUT2D eigenvalue weighted by atomic mass is 10.3. The number of aromatic nitrogens is 2. The van der Waals surface area contributed by atoms with Crippen molar-refractivity contribution in [2.75, 3.05) is 0 Å². The Morgan fingerprint density at radius 2 is 1.82 bits per heavy atom. The molecule has 4 heteroatoms. The number of aromatic amines is 2. The Morgan fingerprint density at radius 3 is 2.55 bits per heavy atom. The maximum atomic E-state index is 10.9. The third kappa shape index (κ3) is 1.21. The van der Waals surface area contributed by atoms with Crippen molar-refractivity contribution in [3.8, 4) is 0 Å². The van der Waals surface area contributed by atoms with Crippen LogP contribution in [0.5, 0.6) is 0 Å². The van der Waals surface area contributed by atoms with E-state index in [1.165, 1.54) is 0 Å². The van der Waals surface area contributed by atoms with Crippen molar-refractivity contribution >= 4 is 27.9 Å². The van der Waals surface area contributed by atoms with Crippen LogP contribution in [-0.4, -0.2) is 10.2 Å². The van der Waals surface area contributed by atoms with Gasteiger partial charge in [0.05, 0.1) is 10.9 Å². The van der Waals surface area contributed by atoms with Gasteiger partial charge in [-0.25, -0.2) is 0 Å². The van der Waals surface area contributed by atoms with Gasteiger partial charge in [0, 0.05) is 0 Å². The Balaban J connectivity index is 0.000000605. The maximum Gasteiger partial charge on any atom is 0.271 e. The summed E-state index contributed by atoms with van der Waals surface area (Å²) in [6, 6.07) is 7.36. The van der Waals surface area contributed by atoms with Gasteiger partial charge in [0.15, 0.2) is 0 Å². The summed E-state index contributed by atoms with van der Waals surface area (Å²) in [6.45, 7) is 0. The first-order valence-corrected chi connectivity index (χ1v) is 3.03. The molecule has 0 unspecified atom stereocenters. The van der Waals surface area contributed by atoms with Crippen LogP contribution in [-0.2, 0) is 0 Å². The number of hydrogen-bond acceptors (Lipinski definition) is 1. The van der Waals surface area contributed by atoms with Crippen LogP contribution in [0.1, 0.15) is 0 Å². The number of benzene rings is 1. The van der Waals surface area contributed by atoms with Crippen molar-refractivity contribution in [1.82, 2.24) is 10.2 Å². The van der Waals surface area contributed by atoms with Crippen LogP contribution in [0.4, 0.5) is 0 Å². The van der Waals surface area contributed by atoms with Crippen molar-refractivity contribution in [3.63, 3.8) is 0 Å². The normalized spacial score (nSPS) is 9.45. The highest BCUT2D eigenvalue weighted by Crippen LogP contribution is 2.02. The highest BCUT2D eigenvalue weighted by Gasteiger charge is 1.95. The minimum absolute atomic E-state index is 0. The van der Waals surface area contributed by atoms with Gasteiger partial charge in [0.2, 0.25) is 0 Å². The Labute approximate surface area is 73.2 Å². The van der Waals surface area contributed by atoms with Gasteiger partial charge in [-0.15, -0.1) is 17.0 Å². The van der Waals surface area contributed by atoms with Crippen LogP contribution in [0, 0.1) is 0 Å². The average molecular weight is 215 g/mol. The molecule has 0 spiro atoms. The van der Waals surface area contributed by atoms with Crippen molar-refractivity contribution in [1.29, 1.82) is 0 Å². The summed E-state index contributed by atoms with van der Waals surface area (Å²) in [5.41, 5.74) is 0.795. The highest BCUT2D eigenvalue weighted by molar-refractivity contribution is 8.93. The zero-order valence-corrected chi connectivity index (χ0v) is 7.34. The van der Waals surface area contributed by atoms with Gasteiger partial charge in [0.25, 0.3) is 5.56 Å². The fourth-order valence-corrected chi connectivity index (χ4v) is 0.982. The van der Waals surface area contributed by atoms with Gasteiger partial charge in [-0.1, -0.05) is 12.1 Å². The second-order valence-corrected chi connectivity index (χ2v) is 2.12. The lowest BCUT2D eigenvalue weighted by Crippen LogP contribution is -1.96. The number of rotatable bonds is 0. The van der Waals surface area contributed by atoms with Gasteiger partial charge < -0.3 is 0 Å². The zero-order valence-electron chi connectivity index (χ0n) is 5.63. The molecule has 3 nitrogen and oxygen atoms in total. The Kier molecular flexibility index (Phi) is 2.14. The van der Waals surface area contributed by atoms with Gasteiger partial charge in [-0.2, -0.15) is 0 Å². The number of nitrogens with one attached hydrogen (secondary N) is 2. The number of para-hydroxylation sites is 1. The van der Waals surface area contributed by atoms with Gasteiger partial charge in [-0.3, -0.25) is 15.0 Å². The molecule has 0 amide bonds. The van der Waals surface area contributed by atoms with E-state index >= 15 is 0 Å². The van der Waals surface area contributed by atoms with Crippen molar-refractivity contribution in [2.45, 2.75) is 0 Å².